The molecule has 1 aliphatic rings. The number of nitrogen functional groups attached to an aromatic ring is 2. The molecule has 1 aliphatic heterocycles. The number of piperazine rings is 1. The Bertz CT molecular complexity index is 918. The van der Waals surface area contributed by atoms with Crippen molar-refractivity contribution in [3.63, 3.8) is 0 Å². The first kappa shape index (κ1) is 16.5. The third-order valence-corrected chi connectivity index (χ3v) is 4.74. The molecule has 0 spiro atoms. The minimum Gasteiger partial charge on any atom is -0.382 e. The molecule has 0 amide bonds. The molecule has 1 atom stereocenters. The fourth-order valence-electron chi connectivity index (χ4n) is 3.41. The van der Waals surface area contributed by atoms with Gasteiger partial charge in [-0.2, -0.15) is 5.10 Å². The molecule has 1 aromatic carbocycles. The molecule has 26 heavy (non-hydrogen) atoms. The quantitative estimate of drug-likeness (QED) is 0.549. The number of fused-ring (bicyclic) bond motifs is 1. The van der Waals surface area contributed by atoms with E-state index in [2.05, 4.69) is 37.5 Å². The van der Waals surface area contributed by atoms with Crippen LogP contribution in [0.5, 0.6) is 0 Å². The summed E-state index contributed by atoms with van der Waals surface area (Å²) in [6, 6.07) is 6.20. The summed E-state index contributed by atoms with van der Waals surface area (Å²) in [7, 11) is 0. The summed E-state index contributed by atoms with van der Waals surface area (Å²) in [5, 5.41) is 19.6. The van der Waals surface area contributed by atoms with Crippen molar-refractivity contribution in [2.45, 2.75) is 25.8 Å². The summed E-state index contributed by atoms with van der Waals surface area (Å²) in [5.74, 6) is 2.03. The van der Waals surface area contributed by atoms with Crippen molar-refractivity contribution in [1.82, 2.24) is 30.7 Å². The van der Waals surface area contributed by atoms with Gasteiger partial charge in [0.05, 0.1) is 5.52 Å². The highest BCUT2D eigenvalue weighted by Gasteiger charge is 2.23. The van der Waals surface area contributed by atoms with E-state index in [9.17, 15) is 0 Å². The number of anilines is 3. The molecule has 1 fully saturated rings. The van der Waals surface area contributed by atoms with Crippen LogP contribution in [0.1, 0.15) is 19.8 Å². The van der Waals surface area contributed by atoms with Gasteiger partial charge in [0, 0.05) is 36.6 Å². The average Bonchev–Trinajstić information content (AvgIpc) is 3.03. The van der Waals surface area contributed by atoms with Gasteiger partial charge in [0.25, 0.3) is 0 Å². The Kier molecular flexibility index (Phi) is 4.29. The first-order valence-corrected chi connectivity index (χ1v) is 8.88. The number of nitrogens with one attached hydrogen (secondary N) is 2. The highest BCUT2D eigenvalue weighted by atomic mass is 15.3. The van der Waals surface area contributed by atoms with E-state index < -0.39 is 0 Å². The fraction of sp³-hybridized carbons (Fsp3) is 0.412. The minimum absolute atomic E-state index is 0.356. The van der Waals surface area contributed by atoms with Gasteiger partial charge in [-0.1, -0.05) is 13.3 Å². The molecule has 6 N–H and O–H groups in total. The minimum atomic E-state index is 0.356. The van der Waals surface area contributed by atoms with Gasteiger partial charge < -0.3 is 21.7 Å². The Morgan fingerprint density at radius 3 is 2.96 bits per heavy atom. The smallest absolute Gasteiger partial charge is 0.189 e. The van der Waals surface area contributed by atoms with E-state index in [1.165, 1.54) is 0 Å². The molecular formula is C17H23N9. The van der Waals surface area contributed by atoms with E-state index >= 15 is 0 Å². The van der Waals surface area contributed by atoms with Crippen LogP contribution in [0.3, 0.4) is 0 Å². The van der Waals surface area contributed by atoms with Crippen LogP contribution in [-0.4, -0.2) is 51.1 Å². The Labute approximate surface area is 151 Å². The SMILES string of the molecule is CCC[C@H]1CN(c2nc(-c3ccc4[nH]nc(N)c4c3)nnc2N)CCN1. The topological polar surface area (TPSA) is 135 Å². The Morgan fingerprint density at radius 2 is 2.12 bits per heavy atom. The zero-order valence-corrected chi connectivity index (χ0v) is 14.7. The van der Waals surface area contributed by atoms with Gasteiger partial charge in [-0.15, -0.1) is 10.2 Å². The van der Waals surface area contributed by atoms with Crippen LogP contribution in [0.15, 0.2) is 18.2 Å². The van der Waals surface area contributed by atoms with Crippen molar-refractivity contribution in [1.29, 1.82) is 0 Å². The zero-order valence-electron chi connectivity index (χ0n) is 14.7. The third kappa shape index (κ3) is 3.01. The van der Waals surface area contributed by atoms with Crippen molar-refractivity contribution >= 4 is 28.4 Å². The van der Waals surface area contributed by atoms with Crippen LogP contribution in [0.4, 0.5) is 17.5 Å². The molecule has 9 heteroatoms. The van der Waals surface area contributed by atoms with Gasteiger partial charge in [0.1, 0.15) is 0 Å². The van der Waals surface area contributed by atoms with E-state index in [1.54, 1.807) is 0 Å². The summed E-state index contributed by atoms with van der Waals surface area (Å²) in [5.41, 5.74) is 13.7. The maximum Gasteiger partial charge on any atom is 0.189 e. The number of benzene rings is 1. The number of hydrogen-bond acceptors (Lipinski definition) is 8. The van der Waals surface area contributed by atoms with Gasteiger partial charge in [-0.3, -0.25) is 5.10 Å². The van der Waals surface area contributed by atoms with Gasteiger partial charge in [-0.25, -0.2) is 4.98 Å². The molecule has 4 rings (SSSR count). The predicted octanol–water partition coefficient (Wildman–Crippen LogP) is 1.16. The highest BCUT2D eigenvalue weighted by Crippen LogP contribution is 2.27. The summed E-state index contributed by atoms with van der Waals surface area (Å²) in [4.78, 5) is 6.90. The third-order valence-electron chi connectivity index (χ3n) is 4.74. The number of rotatable bonds is 4. The van der Waals surface area contributed by atoms with Gasteiger partial charge in [0.15, 0.2) is 23.3 Å². The normalized spacial score (nSPS) is 17.7. The van der Waals surface area contributed by atoms with Crippen LogP contribution in [0.2, 0.25) is 0 Å². The van der Waals surface area contributed by atoms with Crippen LogP contribution in [0, 0.1) is 0 Å². The Morgan fingerprint density at radius 1 is 1.23 bits per heavy atom. The number of hydrogen-bond donors (Lipinski definition) is 4. The lowest BCUT2D eigenvalue weighted by molar-refractivity contribution is 0.429. The monoisotopic (exact) mass is 353 g/mol. The number of H-pyrrole nitrogens is 1. The first-order valence-electron chi connectivity index (χ1n) is 8.88. The van der Waals surface area contributed by atoms with Crippen molar-refractivity contribution in [2.24, 2.45) is 0 Å². The molecule has 0 bridgehead atoms. The fourth-order valence-corrected chi connectivity index (χ4v) is 3.41. The molecule has 0 unspecified atom stereocenters. The molecule has 1 saturated heterocycles. The predicted molar refractivity (Wildman–Crippen MR) is 103 cm³/mol. The molecule has 9 nitrogen and oxygen atoms in total. The molecule has 136 valence electrons. The average molecular weight is 353 g/mol. The largest absolute Gasteiger partial charge is 0.382 e. The second kappa shape index (κ2) is 6.75. The lowest BCUT2D eigenvalue weighted by Gasteiger charge is -2.34. The first-order chi connectivity index (χ1) is 12.7. The van der Waals surface area contributed by atoms with Crippen molar-refractivity contribution in [3.8, 4) is 11.4 Å². The van der Waals surface area contributed by atoms with Crippen LogP contribution < -0.4 is 21.7 Å². The second-order valence-corrected chi connectivity index (χ2v) is 6.60. The summed E-state index contributed by atoms with van der Waals surface area (Å²) in [6.45, 7) is 4.80. The van der Waals surface area contributed by atoms with Gasteiger partial charge >= 0.3 is 0 Å². The lowest BCUT2D eigenvalue weighted by Crippen LogP contribution is -2.51. The van der Waals surface area contributed by atoms with E-state index in [1.807, 2.05) is 18.2 Å². The van der Waals surface area contributed by atoms with E-state index in [-0.39, 0.29) is 0 Å². The summed E-state index contributed by atoms with van der Waals surface area (Å²) >= 11 is 0. The van der Waals surface area contributed by atoms with E-state index in [0.717, 1.165) is 48.9 Å². The Hall–Kier alpha value is -2.94. The second-order valence-electron chi connectivity index (χ2n) is 6.60. The number of nitrogens with zero attached hydrogens (tertiary/aromatic N) is 5. The molecule has 0 radical (unpaired) electrons. The summed E-state index contributed by atoms with van der Waals surface area (Å²) < 4.78 is 0. The van der Waals surface area contributed by atoms with Crippen LogP contribution in [-0.2, 0) is 0 Å². The maximum atomic E-state index is 6.08. The number of aromatic nitrogens is 5. The van der Waals surface area contributed by atoms with Crippen LogP contribution in [0.25, 0.3) is 22.3 Å². The maximum absolute atomic E-state index is 6.08. The van der Waals surface area contributed by atoms with E-state index in [4.69, 9.17) is 16.5 Å². The zero-order chi connectivity index (χ0) is 18.1. The molecule has 0 aliphatic carbocycles. The molecular weight excluding hydrogens is 330 g/mol. The standard InChI is InChI=1S/C17H23N9/c1-2-3-11-9-26(7-6-20-11)17-15(19)24-25-16(21-17)10-4-5-13-12(8-10)14(18)23-22-13/h4-5,8,11,20H,2-3,6-7,9H2,1H3,(H2,19,24)(H3,18,22,23)/t11-/m0/s1. The molecule has 0 saturated carbocycles. The van der Waals surface area contributed by atoms with Crippen molar-refractivity contribution < 1.29 is 0 Å². The summed E-state index contributed by atoms with van der Waals surface area (Å²) in [6.07, 6.45) is 2.26. The molecule has 3 aromatic rings. The van der Waals surface area contributed by atoms with Crippen molar-refractivity contribution in [2.75, 3.05) is 36.0 Å². The van der Waals surface area contributed by atoms with Crippen LogP contribution >= 0.6 is 0 Å². The lowest BCUT2D eigenvalue weighted by atomic mass is 10.1. The van der Waals surface area contributed by atoms with E-state index in [0.29, 0.717) is 29.3 Å². The molecule has 3 heterocycles. The number of aromatic amines is 1. The van der Waals surface area contributed by atoms with Crippen molar-refractivity contribution in [3.05, 3.63) is 18.2 Å². The highest BCUT2D eigenvalue weighted by molar-refractivity contribution is 5.91. The number of nitrogens with two attached hydrogens (primary N) is 2. The Balaban J connectivity index is 1.68. The van der Waals surface area contributed by atoms with Gasteiger partial charge in [0.2, 0.25) is 0 Å². The molecule has 2 aromatic heterocycles. The van der Waals surface area contributed by atoms with Gasteiger partial charge in [-0.05, 0) is 24.6 Å².